The number of aliphatic hydroxyl groups is 1. The average Bonchev–Trinajstić information content (AvgIpc) is 3.43. The Balaban J connectivity index is 1.41. The molecule has 172 valence electrons. The average molecular weight is 488 g/mol. The molecule has 10 heteroatoms. The Hall–Kier alpha value is -2.75. The molecule has 2 heterocycles. The van der Waals surface area contributed by atoms with Gasteiger partial charge < -0.3 is 19.3 Å². The molecule has 3 aromatic rings. The molecule has 6 rings (SSSR count). The van der Waals surface area contributed by atoms with Crippen LogP contribution in [-0.4, -0.2) is 45.0 Å². The van der Waals surface area contributed by atoms with Gasteiger partial charge in [-0.05, 0) is 49.1 Å². The summed E-state index contributed by atoms with van der Waals surface area (Å²) in [6, 6.07) is 10.9. The van der Waals surface area contributed by atoms with Crippen molar-refractivity contribution in [2.75, 3.05) is 29.8 Å². The molecular weight excluding hydrogens is 466 g/mol. The van der Waals surface area contributed by atoms with Gasteiger partial charge in [-0.15, -0.1) is 0 Å². The van der Waals surface area contributed by atoms with Crippen LogP contribution in [0.5, 0.6) is 5.75 Å². The lowest BCUT2D eigenvalue weighted by atomic mass is 9.79. The standard InChI is InChI=1S/C23H22ClN3O5S/c1-31-19-4-2-3-18(24)21(19)33(29,30)26-22-16-10-23(7-8-23)17-6-5-13(27-11-14(28)12-27)9-15(17)20(16)32-25-22/h2-6,9,14,28H,7-8,10-12H2,1H3,(H,25,26). The van der Waals surface area contributed by atoms with E-state index < -0.39 is 10.0 Å². The van der Waals surface area contributed by atoms with Gasteiger partial charge in [0.1, 0.15) is 10.6 Å². The van der Waals surface area contributed by atoms with E-state index in [0.717, 1.165) is 29.7 Å². The van der Waals surface area contributed by atoms with Crippen molar-refractivity contribution in [3.8, 4) is 17.1 Å². The van der Waals surface area contributed by atoms with E-state index in [2.05, 4.69) is 33.0 Å². The number of hydrogen-bond donors (Lipinski definition) is 2. The van der Waals surface area contributed by atoms with Crippen molar-refractivity contribution >= 4 is 33.1 Å². The van der Waals surface area contributed by atoms with Crippen molar-refractivity contribution in [1.82, 2.24) is 5.16 Å². The summed E-state index contributed by atoms with van der Waals surface area (Å²) in [6.07, 6.45) is 2.39. The van der Waals surface area contributed by atoms with Crippen LogP contribution in [0.2, 0.25) is 5.02 Å². The molecule has 2 N–H and O–H groups in total. The molecule has 0 amide bonds. The first-order valence-electron chi connectivity index (χ1n) is 10.7. The number of anilines is 2. The van der Waals surface area contributed by atoms with Crippen LogP contribution in [0.1, 0.15) is 24.0 Å². The van der Waals surface area contributed by atoms with Crippen molar-refractivity contribution in [2.45, 2.75) is 35.7 Å². The smallest absolute Gasteiger partial charge is 0.268 e. The number of nitrogens with zero attached hydrogens (tertiary/aromatic N) is 2. The van der Waals surface area contributed by atoms with Crippen LogP contribution < -0.4 is 14.4 Å². The number of fused-ring (bicyclic) bond motifs is 4. The minimum atomic E-state index is -4.07. The molecule has 2 aromatic carbocycles. The van der Waals surface area contributed by atoms with Gasteiger partial charge in [-0.2, -0.15) is 0 Å². The molecule has 3 aliphatic rings. The third-order valence-corrected chi connectivity index (χ3v) is 8.70. The van der Waals surface area contributed by atoms with Crippen LogP contribution in [0.25, 0.3) is 11.3 Å². The molecule has 0 atom stereocenters. The van der Waals surface area contributed by atoms with Crippen molar-refractivity contribution in [1.29, 1.82) is 0 Å². The van der Waals surface area contributed by atoms with E-state index in [0.29, 0.717) is 25.3 Å². The molecule has 0 radical (unpaired) electrons. The van der Waals surface area contributed by atoms with Crippen LogP contribution in [0, 0.1) is 0 Å². The van der Waals surface area contributed by atoms with E-state index in [1.807, 2.05) is 0 Å². The summed E-state index contributed by atoms with van der Waals surface area (Å²) in [4.78, 5) is 1.96. The summed E-state index contributed by atoms with van der Waals surface area (Å²) in [5.41, 5.74) is 3.86. The number of hydrogen-bond acceptors (Lipinski definition) is 7. The maximum atomic E-state index is 13.2. The second kappa shape index (κ2) is 7.12. The summed E-state index contributed by atoms with van der Waals surface area (Å²) >= 11 is 6.21. The Morgan fingerprint density at radius 3 is 2.76 bits per heavy atom. The highest BCUT2D eigenvalue weighted by molar-refractivity contribution is 7.93. The van der Waals surface area contributed by atoms with Crippen LogP contribution >= 0.6 is 11.6 Å². The van der Waals surface area contributed by atoms with Crippen LogP contribution in [-0.2, 0) is 21.9 Å². The topological polar surface area (TPSA) is 105 Å². The van der Waals surface area contributed by atoms with Gasteiger partial charge in [-0.3, -0.25) is 4.72 Å². The second-order valence-corrected chi connectivity index (χ2v) is 11.0. The maximum Gasteiger partial charge on any atom is 0.268 e. The first-order chi connectivity index (χ1) is 15.8. The van der Waals surface area contributed by atoms with Gasteiger partial charge >= 0.3 is 0 Å². The number of methoxy groups -OCH3 is 1. The number of halogens is 1. The van der Waals surface area contributed by atoms with E-state index in [9.17, 15) is 13.5 Å². The Labute approximate surface area is 196 Å². The monoisotopic (exact) mass is 487 g/mol. The zero-order valence-electron chi connectivity index (χ0n) is 17.8. The third-order valence-electron chi connectivity index (χ3n) is 6.85. The van der Waals surface area contributed by atoms with Gasteiger partial charge in [-0.1, -0.05) is 28.9 Å². The van der Waals surface area contributed by atoms with Crippen molar-refractivity contribution < 1.29 is 22.8 Å². The number of benzene rings is 2. The number of aliphatic hydroxyl groups excluding tert-OH is 1. The van der Waals surface area contributed by atoms with Gasteiger partial charge in [0, 0.05) is 35.3 Å². The summed E-state index contributed by atoms with van der Waals surface area (Å²) < 4.78 is 40.0. The molecule has 1 saturated heterocycles. The summed E-state index contributed by atoms with van der Waals surface area (Å²) in [7, 11) is -2.68. The third kappa shape index (κ3) is 3.21. The molecule has 2 fully saturated rings. The van der Waals surface area contributed by atoms with E-state index in [1.165, 1.54) is 18.7 Å². The molecule has 0 unspecified atom stereocenters. The lowest BCUT2D eigenvalue weighted by Gasteiger charge is -2.38. The minimum absolute atomic E-state index is 0.0247. The SMILES string of the molecule is COc1cccc(Cl)c1S(=O)(=O)Nc1noc2c1CC1(CC1)c1ccc(N3CC(O)C3)cc1-2. The van der Waals surface area contributed by atoms with Gasteiger partial charge in [0.25, 0.3) is 10.0 Å². The first-order valence-corrected chi connectivity index (χ1v) is 12.6. The molecule has 8 nitrogen and oxygen atoms in total. The largest absolute Gasteiger partial charge is 0.495 e. The summed E-state index contributed by atoms with van der Waals surface area (Å²) in [5.74, 6) is 0.903. The highest BCUT2D eigenvalue weighted by Crippen LogP contribution is 2.59. The number of rotatable bonds is 5. The van der Waals surface area contributed by atoms with Crippen molar-refractivity contribution in [3.05, 3.63) is 52.5 Å². The quantitative estimate of drug-likeness (QED) is 0.566. The van der Waals surface area contributed by atoms with Gasteiger partial charge in [0.15, 0.2) is 11.6 Å². The van der Waals surface area contributed by atoms with Crippen LogP contribution in [0.4, 0.5) is 11.5 Å². The molecule has 0 bridgehead atoms. The summed E-state index contributed by atoms with van der Waals surface area (Å²) in [6.45, 7) is 1.19. The fourth-order valence-electron chi connectivity index (χ4n) is 4.93. The predicted molar refractivity (Wildman–Crippen MR) is 124 cm³/mol. The van der Waals surface area contributed by atoms with Gasteiger partial charge in [0.2, 0.25) is 0 Å². The van der Waals surface area contributed by atoms with Gasteiger partial charge in [-0.25, -0.2) is 8.42 Å². The summed E-state index contributed by atoms with van der Waals surface area (Å²) in [5, 5.41) is 13.8. The highest BCUT2D eigenvalue weighted by Gasteiger charge is 2.51. The second-order valence-electron chi connectivity index (χ2n) is 8.96. The molecule has 1 spiro atoms. The van der Waals surface area contributed by atoms with E-state index in [1.54, 1.807) is 12.1 Å². The van der Waals surface area contributed by atoms with Crippen LogP contribution in [0.15, 0.2) is 45.8 Å². The lowest BCUT2D eigenvalue weighted by Crippen LogP contribution is -2.50. The first kappa shape index (κ1) is 20.8. The zero-order chi connectivity index (χ0) is 23.0. The lowest BCUT2D eigenvalue weighted by molar-refractivity contribution is 0.142. The molecule has 1 saturated carbocycles. The predicted octanol–water partition coefficient (Wildman–Crippen LogP) is 3.57. The Morgan fingerprint density at radius 2 is 2.06 bits per heavy atom. The fraction of sp³-hybridized carbons (Fsp3) is 0.348. The number of ether oxygens (including phenoxy) is 1. The minimum Gasteiger partial charge on any atom is -0.495 e. The van der Waals surface area contributed by atoms with Crippen LogP contribution in [0.3, 0.4) is 0 Å². The van der Waals surface area contributed by atoms with Gasteiger partial charge in [0.05, 0.1) is 18.2 Å². The van der Waals surface area contributed by atoms with Crippen molar-refractivity contribution in [2.24, 2.45) is 0 Å². The Morgan fingerprint density at radius 1 is 1.27 bits per heavy atom. The van der Waals surface area contributed by atoms with E-state index >= 15 is 0 Å². The number of nitrogens with one attached hydrogen (secondary N) is 1. The maximum absolute atomic E-state index is 13.2. The Bertz CT molecular complexity index is 1380. The van der Waals surface area contributed by atoms with E-state index in [4.69, 9.17) is 20.9 Å². The zero-order valence-corrected chi connectivity index (χ0v) is 19.4. The molecular formula is C23H22ClN3O5S. The van der Waals surface area contributed by atoms with Crippen molar-refractivity contribution in [3.63, 3.8) is 0 Å². The highest BCUT2D eigenvalue weighted by atomic mass is 35.5. The normalized spacial score (nSPS) is 18.5. The molecule has 33 heavy (non-hydrogen) atoms. The number of aromatic nitrogens is 1. The molecule has 1 aromatic heterocycles. The number of sulfonamides is 1. The molecule has 1 aliphatic heterocycles. The fourth-order valence-corrected chi connectivity index (χ4v) is 6.66. The number of β-amino-alcohol motifs (C(OH)–C–C–N with tert-alkyl or cyclic N) is 1. The van der Waals surface area contributed by atoms with E-state index in [-0.39, 0.29) is 33.0 Å². The Kier molecular flexibility index (Phi) is 4.50. The molecule has 2 aliphatic carbocycles.